The van der Waals surface area contributed by atoms with E-state index < -0.39 is 0 Å². The Morgan fingerprint density at radius 1 is 1.28 bits per heavy atom. The van der Waals surface area contributed by atoms with Gasteiger partial charge in [0.05, 0.1) is 0 Å². The molecule has 0 saturated heterocycles. The number of rotatable bonds is 4. The van der Waals surface area contributed by atoms with Crippen LogP contribution in [-0.2, 0) is 6.42 Å². The van der Waals surface area contributed by atoms with Gasteiger partial charge in [0.25, 0.3) is 0 Å². The zero-order valence-corrected chi connectivity index (χ0v) is 11.5. The van der Waals surface area contributed by atoms with Gasteiger partial charge >= 0.3 is 0 Å². The molecule has 0 aromatic heterocycles. The molecule has 18 heavy (non-hydrogen) atoms. The molecule has 100 valence electrons. The van der Waals surface area contributed by atoms with Gasteiger partial charge in [0.15, 0.2) is 0 Å². The van der Waals surface area contributed by atoms with Crippen molar-refractivity contribution in [2.24, 2.45) is 11.8 Å². The predicted octanol–water partition coefficient (Wildman–Crippen LogP) is 3.78. The Kier molecular flexibility index (Phi) is 4.76. The van der Waals surface area contributed by atoms with Gasteiger partial charge in [0, 0.05) is 6.04 Å². The third-order valence-corrected chi connectivity index (χ3v) is 4.17. The fourth-order valence-corrected chi connectivity index (χ4v) is 2.91. The molecular weight excluding hydrogens is 225 g/mol. The molecule has 1 aliphatic carbocycles. The maximum atomic E-state index is 13.0. The van der Waals surface area contributed by atoms with E-state index in [1.54, 1.807) is 12.1 Å². The minimum atomic E-state index is -0.132. The van der Waals surface area contributed by atoms with Gasteiger partial charge in [-0.3, -0.25) is 0 Å². The lowest BCUT2D eigenvalue weighted by Crippen LogP contribution is -2.40. The molecule has 2 rings (SSSR count). The maximum absolute atomic E-state index is 13.0. The fourth-order valence-electron chi connectivity index (χ4n) is 2.91. The van der Waals surface area contributed by atoms with E-state index in [4.69, 9.17) is 0 Å². The zero-order valence-electron chi connectivity index (χ0n) is 11.5. The topological polar surface area (TPSA) is 12.0 Å². The summed E-state index contributed by atoms with van der Waals surface area (Å²) in [5.41, 5.74) is 1.08. The molecule has 1 nitrogen and oxygen atoms in total. The molecule has 3 atom stereocenters. The van der Waals surface area contributed by atoms with Crippen LogP contribution in [0, 0.1) is 17.7 Å². The lowest BCUT2D eigenvalue weighted by Gasteiger charge is -2.33. The summed E-state index contributed by atoms with van der Waals surface area (Å²) in [6.07, 6.45) is 4.89. The van der Waals surface area contributed by atoms with Gasteiger partial charge < -0.3 is 5.32 Å². The Bertz CT molecular complexity index is 377. The van der Waals surface area contributed by atoms with Crippen molar-refractivity contribution in [3.8, 4) is 0 Å². The Labute approximate surface area is 110 Å². The van der Waals surface area contributed by atoms with Crippen molar-refractivity contribution in [1.82, 2.24) is 5.32 Å². The summed E-state index contributed by atoms with van der Waals surface area (Å²) in [4.78, 5) is 0. The SMILES string of the molecule is CC1CCC(C)C(NCCc2cccc(F)c2)C1. The highest BCUT2D eigenvalue weighted by Gasteiger charge is 2.24. The molecule has 1 fully saturated rings. The summed E-state index contributed by atoms with van der Waals surface area (Å²) < 4.78 is 13.0. The highest BCUT2D eigenvalue weighted by atomic mass is 19.1. The summed E-state index contributed by atoms with van der Waals surface area (Å²) in [7, 11) is 0. The predicted molar refractivity (Wildman–Crippen MR) is 74.1 cm³/mol. The zero-order chi connectivity index (χ0) is 13.0. The van der Waals surface area contributed by atoms with E-state index in [1.807, 2.05) is 6.07 Å². The second kappa shape index (κ2) is 6.33. The van der Waals surface area contributed by atoms with Crippen LogP contribution in [0.4, 0.5) is 4.39 Å². The molecule has 1 aromatic rings. The number of hydrogen-bond acceptors (Lipinski definition) is 1. The van der Waals surface area contributed by atoms with Crippen molar-refractivity contribution in [2.45, 2.75) is 45.6 Å². The molecule has 1 N–H and O–H groups in total. The van der Waals surface area contributed by atoms with Gasteiger partial charge in [-0.2, -0.15) is 0 Å². The largest absolute Gasteiger partial charge is 0.313 e. The maximum Gasteiger partial charge on any atom is 0.123 e. The van der Waals surface area contributed by atoms with Crippen LogP contribution in [-0.4, -0.2) is 12.6 Å². The molecule has 2 heteroatoms. The smallest absolute Gasteiger partial charge is 0.123 e. The van der Waals surface area contributed by atoms with Gasteiger partial charge in [-0.15, -0.1) is 0 Å². The molecule has 1 saturated carbocycles. The van der Waals surface area contributed by atoms with E-state index in [-0.39, 0.29) is 5.82 Å². The molecule has 0 amide bonds. The van der Waals surface area contributed by atoms with Gasteiger partial charge in [0.2, 0.25) is 0 Å². The molecule has 1 aromatic carbocycles. The monoisotopic (exact) mass is 249 g/mol. The van der Waals surface area contributed by atoms with Gasteiger partial charge in [-0.05, 0) is 55.3 Å². The summed E-state index contributed by atoms with van der Waals surface area (Å²) >= 11 is 0. The molecule has 1 aliphatic rings. The van der Waals surface area contributed by atoms with Crippen molar-refractivity contribution < 1.29 is 4.39 Å². The second-order valence-corrected chi connectivity index (χ2v) is 5.84. The van der Waals surface area contributed by atoms with Crippen molar-refractivity contribution in [2.75, 3.05) is 6.54 Å². The molecule has 0 bridgehead atoms. The normalized spacial score (nSPS) is 28.3. The lowest BCUT2D eigenvalue weighted by molar-refractivity contribution is 0.230. The third-order valence-electron chi connectivity index (χ3n) is 4.17. The molecule has 3 unspecified atom stereocenters. The molecule has 0 heterocycles. The average molecular weight is 249 g/mol. The van der Waals surface area contributed by atoms with Crippen molar-refractivity contribution in [1.29, 1.82) is 0 Å². The van der Waals surface area contributed by atoms with Crippen LogP contribution in [0.5, 0.6) is 0 Å². The van der Waals surface area contributed by atoms with Crippen LogP contribution in [0.15, 0.2) is 24.3 Å². The Morgan fingerprint density at radius 3 is 2.89 bits per heavy atom. The first-order chi connectivity index (χ1) is 8.65. The standard InChI is InChI=1S/C16H24FN/c1-12-6-7-13(2)16(10-12)18-9-8-14-4-3-5-15(17)11-14/h3-5,11-13,16,18H,6-10H2,1-2H3. The number of benzene rings is 1. The Hall–Kier alpha value is -0.890. The number of hydrogen-bond donors (Lipinski definition) is 1. The van der Waals surface area contributed by atoms with Crippen LogP contribution in [0.2, 0.25) is 0 Å². The number of nitrogens with one attached hydrogen (secondary N) is 1. The van der Waals surface area contributed by atoms with E-state index in [2.05, 4.69) is 19.2 Å². The van der Waals surface area contributed by atoms with Gasteiger partial charge in [-0.1, -0.05) is 32.4 Å². The Morgan fingerprint density at radius 2 is 2.11 bits per heavy atom. The first kappa shape index (κ1) is 13.5. The second-order valence-electron chi connectivity index (χ2n) is 5.84. The van der Waals surface area contributed by atoms with Crippen molar-refractivity contribution in [3.05, 3.63) is 35.6 Å². The summed E-state index contributed by atoms with van der Waals surface area (Å²) in [6.45, 7) is 5.63. The average Bonchev–Trinajstić information content (AvgIpc) is 2.34. The van der Waals surface area contributed by atoms with Gasteiger partial charge in [-0.25, -0.2) is 4.39 Å². The fraction of sp³-hybridized carbons (Fsp3) is 0.625. The van der Waals surface area contributed by atoms with Crippen LogP contribution in [0.1, 0.15) is 38.7 Å². The third kappa shape index (κ3) is 3.81. The molecular formula is C16H24FN. The van der Waals surface area contributed by atoms with Gasteiger partial charge in [0.1, 0.15) is 5.82 Å². The summed E-state index contributed by atoms with van der Waals surface area (Å²) in [5.74, 6) is 1.48. The summed E-state index contributed by atoms with van der Waals surface area (Å²) in [5, 5.41) is 3.65. The van der Waals surface area contributed by atoms with Crippen molar-refractivity contribution >= 4 is 0 Å². The first-order valence-corrected chi connectivity index (χ1v) is 7.13. The number of halogens is 1. The van der Waals surface area contributed by atoms with E-state index in [0.717, 1.165) is 30.4 Å². The minimum absolute atomic E-state index is 0.132. The van der Waals surface area contributed by atoms with Crippen LogP contribution < -0.4 is 5.32 Å². The van der Waals surface area contributed by atoms with Crippen LogP contribution >= 0.6 is 0 Å². The van der Waals surface area contributed by atoms with Crippen LogP contribution in [0.25, 0.3) is 0 Å². The van der Waals surface area contributed by atoms with Crippen LogP contribution in [0.3, 0.4) is 0 Å². The molecule has 0 spiro atoms. The highest BCUT2D eigenvalue weighted by Crippen LogP contribution is 2.28. The highest BCUT2D eigenvalue weighted by molar-refractivity contribution is 5.16. The first-order valence-electron chi connectivity index (χ1n) is 7.13. The Balaban J connectivity index is 1.77. The molecule has 0 aliphatic heterocycles. The lowest BCUT2D eigenvalue weighted by atomic mass is 9.80. The van der Waals surface area contributed by atoms with E-state index in [1.165, 1.54) is 25.3 Å². The summed E-state index contributed by atoms with van der Waals surface area (Å²) in [6, 6.07) is 7.56. The van der Waals surface area contributed by atoms with E-state index in [0.29, 0.717) is 6.04 Å². The quantitative estimate of drug-likeness (QED) is 0.856. The van der Waals surface area contributed by atoms with Crippen molar-refractivity contribution in [3.63, 3.8) is 0 Å². The minimum Gasteiger partial charge on any atom is -0.313 e. The molecule has 0 radical (unpaired) electrons. The van der Waals surface area contributed by atoms with E-state index >= 15 is 0 Å². The van der Waals surface area contributed by atoms with E-state index in [9.17, 15) is 4.39 Å².